The molecule has 0 aliphatic rings. The van der Waals surface area contributed by atoms with Crippen molar-refractivity contribution in [2.45, 2.75) is 6.92 Å². The van der Waals surface area contributed by atoms with E-state index in [-0.39, 0.29) is 0 Å². The van der Waals surface area contributed by atoms with Gasteiger partial charge in [0.2, 0.25) is 5.95 Å². The van der Waals surface area contributed by atoms with Gasteiger partial charge in [-0.2, -0.15) is 0 Å². The Bertz CT molecular complexity index is 262. The molecule has 1 aromatic rings. The van der Waals surface area contributed by atoms with E-state index in [1.165, 1.54) is 0 Å². The van der Waals surface area contributed by atoms with Gasteiger partial charge in [-0.1, -0.05) is 6.92 Å². The average Bonchev–Trinajstić information content (AvgIpc) is 2.21. The first-order valence-electron chi connectivity index (χ1n) is 4.62. The van der Waals surface area contributed by atoms with Gasteiger partial charge in [0.05, 0.1) is 12.4 Å². The van der Waals surface area contributed by atoms with Gasteiger partial charge in [-0.15, -0.1) is 0 Å². The van der Waals surface area contributed by atoms with E-state index < -0.39 is 5.82 Å². The minimum absolute atomic E-state index is 0.416. The van der Waals surface area contributed by atoms with E-state index >= 15 is 0 Å². The number of nitrogens with zero attached hydrogens (tertiary/aromatic N) is 3. The maximum Gasteiger partial charge on any atom is 0.222 e. The van der Waals surface area contributed by atoms with Gasteiger partial charge >= 0.3 is 0 Å². The first-order chi connectivity index (χ1) is 6.72. The molecule has 0 atom stereocenters. The lowest BCUT2D eigenvalue weighted by molar-refractivity contribution is 0.367. The zero-order valence-electron chi connectivity index (χ0n) is 8.50. The fraction of sp³-hybridized carbons (Fsp3) is 0.556. The molecule has 0 saturated carbocycles. The predicted molar refractivity (Wildman–Crippen MR) is 53.7 cm³/mol. The summed E-state index contributed by atoms with van der Waals surface area (Å²) in [5.74, 6) is 0.0529. The lowest BCUT2D eigenvalue weighted by atomic mass is 10.5. The van der Waals surface area contributed by atoms with Crippen LogP contribution in [0.25, 0.3) is 0 Å². The smallest absolute Gasteiger partial charge is 0.222 e. The molecule has 5 heteroatoms. The van der Waals surface area contributed by atoms with Gasteiger partial charge in [0.15, 0.2) is 5.82 Å². The van der Waals surface area contributed by atoms with Crippen LogP contribution in [0, 0.1) is 5.82 Å². The van der Waals surface area contributed by atoms with Crippen molar-refractivity contribution >= 4 is 5.95 Å². The van der Waals surface area contributed by atoms with Crippen molar-refractivity contribution in [3.8, 4) is 0 Å². The van der Waals surface area contributed by atoms with Gasteiger partial charge in [-0.3, -0.25) is 0 Å². The Kier molecular flexibility index (Phi) is 4.25. The second-order valence-electron chi connectivity index (χ2n) is 3.05. The molecule has 0 spiro atoms. The molecule has 0 saturated heterocycles. The molecule has 0 aliphatic heterocycles. The maximum atomic E-state index is 12.4. The van der Waals surface area contributed by atoms with Gasteiger partial charge in [-0.05, 0) is 13.6 Å². The number of halogens is 1. The third-order valence-electron chi connectivity index (χ3n) is 1.94. The van der Waals surface area contributed by atoms with Crippen LogP contribution in [0.1, 0.15) is 6.92 Å². The van der Waals surface area contributed by atoms with E-state index in [0.717, 1.165) is 32.0 Å². The first-order valence-corrected chi connectivity index (χ1v) is 4.62. The van der Waals surface area contributed by atoms with Gasteiger partial charge in [0, 0.05) is 13.1 Å². The summed E-state index contributed by atoms with van der Waals surface area (Å²) in [4.78, 5) is 9.73. The van der Waals surface area contributed by atoms with E-state index in [0.29, 0.717) is 5.95 Å². The molecular weight excluding hydrogens is 183 g/mol. The summed E-state index contributed by atoms with van der Waals surface area (Å²) in [5.41, 5.74) is 0. The van der Waals surface area contributed by atoms with Gasteiger partial charge in [0.25, 0.3) is 0 Å². The predicted octanol–water partition coefficient (Wildman–Crippen LogP) is 0.979. The van der Waals surface area contributed by atoms with Crippen LogP contribution in [0.4, 0.5) is 10.3 Å². The van der Waals surface area contributed by atoms with E-state index in [1.807, 2.05) is 7.05 Å². The molecule has 0 amide bonds. The second-order valence-corrected chi connectivity index (χ2v) is 3.05. The van der Waals surface area contributed by atoms with E-state index in [9.17, 15) is 4.39 Å². The van der Waals surface area contributed by atoms with Crippen molar-refractivity contribution in [2.24, 2.45) is 0 Å². The molecule has 0 unspecified atom stereocenters. The summed E-state index contributed by atoms with van der Waals surface area (Å²) >= 11 is 0. The molecule has 1 heterocycles. The molecule has 0 aliphatic carbocycles. The van der Waals surface area contributed by atoms with Crippen LogP contribution in [-0.2, 0) is 0 Å². The third-order valence-corrected chi connectivity index (χ3v) is 1.94. The average molecular weight is 198 g/mol. The molecule has 1 N–H and O–H groups in total. The van der Waals surface area contributed by atoms with Crippen molar-refractivity contribution in [1.29, 1.82) is 0 Å². The highest BCUT2D eigenvalue weighted by atomic mass is 19.1. The van der Waals surface area contributed by atoms with Crippen LogP contribution in [0.2, 0.25) is 0 Å². The normalized spacial score (nSPS) is 10.6. The standard InChI is InChI=1S/C9H15FN4/c1-3-14(2)5-4-11-9-12-6-8(10)7-13-9/h6-7H,3-5H2,1-2H3,(H,11,12,13). The second kappa shape index (κ2) is 5.49. The minimum atomic E-state index is -0.416. The van der Waals surface area contributed by atoms with E-state index in [2.05, 4.69) is 27.1 Å². The lowest BCUT2D eigenvalue weighted by Gasteiger charge is -2.13. The van der Waals surface area contributed by atoms with Gasteiger partial charge < -0.3 is 10.2 Å². The molecule has 4 nitrogen and oxygen atoms in total. The number of aromatic nitrogens is 2. The molecule has 0 aromatic carbocycles. The number of hydrogen-bond donors (Lipinski definition) is 1. The summed E-state index contributed by atoms with van der Waals surface area (Å²) in [6.07, 6.45) is 2.30. The van der Waals surface area contributed by atoms with Crippen LogP contribution in [0.5, 0.6) is 0 Å². The molecule has 78 valence electrons. The molecular formula is C9H15FN4. The lowest BCUT2D eigenvalue weighted by Crippen LogP contribution is -2.25. The summed E-state index contributed by atoms with van der Waals surface area (Å²) in [6.45, 7) is 4.77. The topological polar surface area (TPSA) is 41.0 Å². The van der Waals surface area contributed by atoms with Crippen molar-refractivity contribution in [2.75, 3.05) is 32.0 Å². The quantitative estimate of drug-likeness (QED) is 0.765. The molecule has 0 radical (unpaired) electrons. The van der Waals surface area contributed by atoms with Crippen molar-refractivity contribution < 1.29 is 4.39 Å². The summed E-state index contributed by atoms with van der Waals surface area (Å²) in [6, 6.07) is 0. The first kappa shape index (κ1) is 10.8. The molecule has 14 heavy (non-hydrogen) atoms. The van der Waals surface area contributed by atoms with Crippen molar-refractivity contribution in [3.05, 3.63) is 18.2 Å². The van der Waals surface area contributed by atoms with Crippen LogP contribution in [0.3, 0.4) is 0 Å². The fourth-order valence-corrected chi connectivity index (χ4v) is 0.920. The van der Waals surface area contributed by atoms with Gasteiger partial charge in [0.1, 0.15) is 0 Å². The van der Waals surface area contributed by atoms with Crippen LogP contribution in [0.15, 0.2) is 12.4 Å². The highest BCUT2D eigenvalue weighted by Crippen LogP contribution is 1.97. The Labute approximate surface area is 83.2 Å². The Morgan fingerprint density at radius 3 is 2.64 bits per heavy atom. The van der Waals surface area contributed by atoms with Crippen molar-refractivity contribution in [1.82, 2.24) is 14.9 Å². The maximum absolute atomic E-state index is 12.4. The Morgan fingerprint density at radius 1 is 1.43 bits per heavy atom. The summed E-state index contributed by atoms with van der Waals surface area (Å²) in [7, 11) is 2.03. The van der Waals surface area contributed by atoms with Crippen LogP contribution in [-0.4, -0.2) is 41.5 Å². The Morgan fingerprint density at radius 2 is 2.07 bits per heavy atom. The highest BCUT2D eigenvalue weighted by Gasteiger charge is 1.97. The zero-order chi connectivity index (χ0) is 10.4. The van der Waals surface area contributed by atoms with Crippen LogP contribution < -0.4 is 5.32 Å². The Hall–Kier alpha value is -1.23. The highest BCUT2D eigenvalue weighted by molar-refractivity contribution is 5.22. The largest absolute Gasteiger partial charge is 0.353 e. The summed E-state index contributed by atoms with van der Waals surface area (Å²) < 4.78 is 12.4. The number of likely N-dealkylation sites (N-methyl/N-ethyl adjacent to an activating group) is 1. The monoisotopic (exact) mass is 198 g/mol. The molecule has 1 rings (SSSR count). The number of nitrogens with one attached hydrogen (secondary N) is 1. The number of anilines is 1. The molecule has 0 fully saturated rings. The van der Waals surface area contributed by atoms with Crippen molar-refractivity contribution in [3.63, 3.8) is 0 Å². The van der Waals surface area contributed by atoms with Gasteiger partial charge in [-0.25, -0.2) is 14.4 Å². The molecule has 0 bridgehead atoms. The van der Waals surface area contributed by atoms with E-state index in [1.54, 1.807) is 0 Å². The summed E-state index contributed by atoms with van der Waals surface area (Å²) in [5, 5.41) is 3.01. The fourth-order valence-electron chi connectivity index (χ4n) is 0.920. The number of rotatable bonds is 5. The SMILES string of the molecule is CCN(C)CCNc1ncc(F)cn1. The third kappa shape index (κ3) is 3.66. The Balaban J connectivity index is 2.28. The zero-order valence-corrected chi connectivity index (χ0v) is 8.50. The van der Waals surface area contributed by atoms with E-state index in [4.69, 9.17) is 0 Å². The van der Waals surface area contributed by atoms with Crippen LogP contribution >= 0.6 is 0 Å². The number of hydrogen-bond acceptors (Lipinski definition) is 4. The molecule has 1 aromatic heterocycles. The minimum Gasteiger partial charge on any atom is -0.353 e.